The predicted molar refractivity (Wildman–Crippen MR) is 114 cm³/mol. The number of halogens is 2. The Morgan fingerprint density at radius 1 is 1.28 bits per heavy atom. The summed E-state index contributed by atoms with van der Waals surface area (Å²) in [5.41, 5.74) is 8.18. The van der Waals surface area contributed by atoms with Crippen LogP contribution in [0.15, 0.2) is 69.4 Å². The number of benzene rings is 2. The molecule has 3 aromatic rings. The van der Waals surface area contributed by atoms with Gasteiger partial charge in [0.1, 0.15) is 11.9 Å². The van der Waals surface area contributed by atoms with Crippen molar-refractivity contribution in [2.24, 2.45) is 5.73 Å². The molecule has 6 nitrogen and oxygen atoms in total. The monoisotopic (exact) mass is 473 g/mol. The Balaban J connectivity index is 1.69. The highest BCUT2D eigenvalue weighted by Gasteiger charge is 2.33. The van der Waals surface area contributed by atoms with Gasteiger partial charge >= 0.3 is 0 Å². The molecule has 3 N–H and O–H groups in total. The molecule has 0 unspecified atom stereocenters. The Kier molecular flexibility index (Phi) is 5.42. The molecule has 0 fully saturated rings. The van der Waals surface area contributed by atoms with Crippen LogP contribution in [-0.4, -0.2) is 20.7 Å². The number of aromatic nitrogens is 3. The van der Waals surface area contributed by atoms with Crippen LogP contribution in [-0.2, 0) is 10.5 Å². The van der Waals surface area contributed by atoms with E-state index in [1.165, 1.54) is 17.8 Å². The lowest BCUT2D eigenvalue weighted by atomic mass is 9.95. The van der Waals surface area contributed by atoms with E-state index >= 15 is 0 Å². The minimum absolute atomic E-state index is 0.261. The third kappa shape index (κ3) is 3.92. The van der Waals surface area contributed by atoms with Crippen molar-refractivity contribution in [2.45, 2.75) is 23.9 Å². The fourth-order valence-electron chi connectivity index (χ4n) is 3.22. The molecule has 1 aliphatic rings. The highest BCUT2D eigenvalue weighted by Crippen LogP contribution is 2.36. The number of rotatable bonds is 5. The summed E-state index contributed by atoms with van der Waals surface area (Å²) >= 11 is 4.75. The number of nitrogens with two attached hydrogens (primary N) is 1. The Morgan fingerprint density at radius 3 is 2.69 bits per heavy atom. The van der Waals surface area contributed by atoms with Gasteiger partial charge in [-0.25, -0.2) is 9.07 Å². The Bertz CT molecular complexity index is 1110. The van der Waals surface area contributed by atoms with E-state index in [1.807, 2.05) is 24.3 Å². The van der Waals surface area contributed by atoms with Crippen LogP contribution in [0.3, 0.4) is 0 Å². The zero-order chi connectivity index (χ0) is 20.5. The largest absolute Gasteiger partial charge is 0.366 e. The number of thioether (sulfide) groups is 1. The van der Waals surface area contributed by atoms with Crippen molar-refractivity contribution < 1.29 is 9.18 Å². The number of hydrogen-bond acceptors (Lipinski definition) is 5. The van der Waals surface area contributed by atoms with Gasteiger partial charge in [0.05, 0.1) is 5.57 Å². The third-order valence-electron chi connectivity index (χ3n) is 4.60. The molecule has 1 amide bonds. The van der Waals surface area contributed by atoms with Crippen molar-refractivity contribution in [3.05, 3.63) is 81.2 Å². The number of nitrogens with zero attached hydrogens (tertiary/aromatic N) is 3. The van der Waals surface area contributed by atoms with Crippen molar-refractivity contribution >= 4 is 39.5 Å². The summed E-state index contributed by atoms with van der Waals surface area (Å²) in [4.78, 5) is 16.7. The van der Waals surface area contributed by atoms with Gasteiger partial charge in [0.25, 0.3) is 0 Å². The number of nitrogens with one attached hydrogen (secondary N) is 1. The van der Waals surface area contributed by atoms with Gasteiger partial charge in [-0.15, -0.1) is 5.10 Å². The molecule has 4 rings (SSSR count). The topological polar surface area (TPSA) is 85.8 Å². The zero-order valence-corrected chi connectivity index (χ0v) is 17.8. The van der Waals surface area contributed by atoms with E-state index in [0.29, 0.717) is 33.7 Å². The Labute approximate surface area is 179 Å². The number of amides is 1. The highest BCUT2D eigenvalue weighted by molar-refractivity contribution is 9.10. The van der Waals surface area contributed by atoms with E-state index in [0.717, 1.165) is 10.0 Å². The molecule has 1 atom stereocenters. The van der Waals surface area contributed by atoms with Gasteiger partial charge in [0.2, 0.25) is 17.0 Å². The molecule has 1 aromatic heterocycles. The normalized spacial score (nSPS) is 15.8. The number of carbonyl (C=O) groups excluding carboxylic acids is 1. The number of primary amides is 1. The molecule has 148 valence electrons. The van der Waals surface area contributed by atoms with Crippen molar-refractivity contribution in [3.63, 3.8) is 0 Å². The standard InChI is InChI=1S/C20H17BrFN5OS/c1-11-16(18(23)28)17(12-6-8-14(21)9-7-12)27-19(24-11)25-20(26-27)29-10-13-4-2-3-5-15(13)22/h2-9,17H,10H2,1H3,(H2,23,28)(H,24,25,26)/t17-/m1/s1. The molecular formula is C20H17BrFN5OS. The second-order valence-electron chi connectivity index (χ2n) is 6.52. The first-order valence-electron chi connectivity index (χ1n) is 8.80. The average molecular weight is 474 g/mol. The van der Waals surface area contributed by atoms with Gasteiger partial charge in [-0.05, 0) is 36.2 Å². The van der Waals surface area contributed by atoms with E-state index in [2.05, 4.69) is 31.3 Å². The van der Waals surface area contributed by atoms with Crippen LogP contribution in [0.2, 0.25) is 0 Å². The molecule has 2 heterocycles. The predicted octanol–water partition coefficient (Wildman–Crippen LogP) is 4.25. The SMILES string of the molecule is CC1=C(C(N)=O)[C@@H](c2ccc(Br)cc2)n2nc(SCc3ccccc3F)nc2N1. The van der Waals surface area contributed by atoms with E-state index in [4.69, 9.17) is 5.73 Å². The second kappa shape index (κ2) is 8.00. The summed E-state index contributed by atoms with van der Waals surface area (Å²) in [5, 5.41) is 8.16. The first-order chi connectivity index (χ1) is 13.9. The molecule has 0 aliphatic carbocycles. The van der Waals surface area contributed by atoms with E-state index in [9.17, 15) is 9.18 Å². The maximum atomic E-state index is 13.9. The summed E-state index contributed by atoms with van der Waals surface area (Å²) in [7, 11) is 0. The van der Waals surface area contributed by atoms with Gasteiger partial charge in [-0.2, -0.15) is 4.98 Å². The molecule has 29 heavy (non-hydrogen) atoms. The molecule has 1 aliphatic heterocycles. The third-order valence-corrected chi connectivity index (χ3v) is 6.01. The molecular weight excluding hydrogens is 457 g/mol. The summed E-state index contributed by atoms with van der Waals surface area (Å²) in [6.45, 7) is 1.79. The van der Waals surface area contributed by atoms with Gasteiger partial charge in [-0.3, -0.25) is 4.79 Å². The maximum Gasteiger partial charge on any atom is 0.248 e. The Morgan fingerprint density at radius 2 is 2.00 bits per heavy atom. The minimum Gasteiger partial charge on any atom is -0.366 e. The smallest absolute Gasteiger partial charge is 0.248 e. The summed E-state index contributed by atoms with van der Waals surface area (Å²) < 4.78 is 16.5. The van der Waals surface area contributed by atoms with Crippen LogP contribution < -0.4 is 11.1 Å². The van der Waals surface area contributed by atoms with Crippen molar-refractivity contribution in [1.82, 2.24) is 14.8 Å². The minimum atomic E-state index is -0.523. The molecule has 2 aromatic carbocycles. The van der Waals surface area contributed by atoms with E-state index < -0.39 is 11.9 Å². The molecule has 0 bridgehead atoms. The average Bonchev–Trinajstić information content (AvgIpc) is 3.09. The second-order valence-corrected chi connectivity index (χ2v) is 8.38. The number of hydrogen-bond donors (Lipinski definition) is 2. The van der Waals surface area contributed by atoms with Crippen LogP contribution in [0.1, 0.15) is 24.1 Å². The van der Waals surface area contributed by atoms with Crippen LogP contribution in [0.5, 0.6) is 0 Å². The van der Waals surface area contributed by atoms with Crippen LogP contribution >= 0.6 is 27.7 Å². The summed E-state index contributed by atoms with van der Waals surface area (Å²) in [5.74, 6) is 0.123. The maximum absolute atomic E-state index is 13.9. The van der Waals surface area contributed by atoms with E-state index in [1.54, 1.807) is 29.8 Å². The number of fused-ring (bicyclic) bond motifs is 1. The lowest BCUT2D eigenvalue weighted by Crippen LogP contribution is -2.31. The fraction of sp³-hybridized carbons (Fsp3) is 0.150. The molecule has 0 spiro atoms. The lowest BCUT2D eigenvalue weighted by Gasteiger charge is -2.27. The van der Waals surface area contributed by atoms with Gasteiger partial charge < -0.3 is 11.1 Å². The zero-order valence-electron chi connectivity index (χ0n) is 15.4. The van der Waals surface area contributed by atoms with Crippen LogP contribution in [0.4, 0.5) is 10.3 Å². The first kappa shape index (κ1) is 19.7. The first-order valence-corrected chi connectivity index (χ1v) is 10.6. The van der Waals surface area contributed by atoms with Crippen molar-refractivity contribution in [2.75, 3.05) is 5.32 Å². The number of carbonyl (C=O) groups is 1. The molecule has 0 saturated heterocycles. The Hall–Kier alpha value is -2.65. The lowest BCUT2D eigenvalue weighted by molar-refractivity contribution is -0.115. The number of anilines is 1. The van der Waals surface area contributed by atoms with Crippen molar-refractivity contribution in [1.29, 1.82) is 0 Å². The quantitative estimate of drug-likeness (QED) is 0.541. The molecule has 0 saturated carbocycles. The van der Waals surface area contributed by atoms with Gasteiger partial charge in [-0.1, -0.05) is 58.0 Å². The summed E-state index contributed by atoms with van der Waals surface area (Å²) in [6.07, 6.45) is 0. The number of allylic oxidation sites excluding steroid dienone is 1. The van der Waals surface area contributed by atoms with Gasteiger partial charge in [0.15, 0.2) is 0 Å². The fourth-order valence-corrected chi connectivity index (χ4v) is 4.30. The van der Waals surface area contributed by atoms with Gasteiger partial charge in [0, 0.05) is 15.9 Å². The summed E-state index contributed by atoms with van der Waals surface area (Å²) in [6, 6.07) is 13.7. The van der Waals surface area contributed by atoms with E-state index in [-0.39, 0.29) is 5.82 Å². The molecule has 0 radical (unpaired) electrons. The van der Waals surface area contributed by atoms with Crippen LogP contribution in [0, 0.1) is 5.82 Å². The highest BCUT2D eigenvalue weighted by atomic mass is 79.9. The van der Waals surface area contributed by atoms with Crippen LogP contribution in [0.25, 0.3) is 0 Å². The molecule has 9 heteroatoms. The van der Waals surface area contributed by atoms with Crippen molar-refractivity contribution in [3.8, 4) is 0 Å².